The zero-order valence-electron chi connectivity index (χ0n) is 14.4. The van der Waals surface area contributed by atoms with Crippen LogP contribution >= 0.6 is 31.9 Å². The van der Waals surface area contributed by atoms with Crippen molar-refractivity contribution in [2.45, 2.75) is 13.0 Å². The van der Waals surface area contributed by atoms with E-state index in [1.54, 1.807) is 13.0 Å². The minimum Gasteiger partial charge on any atom is -0.389 e. The first kappa shape index (κ1) is 19.7. The molecule has 0 radical (unpaired) electrons. The summed E-state index contributed by atoms with van der Waals surface area (Å²) in [4.78, 5) is 17.2. The lowest BCUT2D eigenvalue weighted by Gasteiger charge is -2.15. The van der Waals surface area contributed by atoms with Crippen molar-refractivity contribution in [2.24, 2.45) is 10.2 Å². The zero-order valence-corrected chi connectivity index (χ0v) is 17.6. The number of nitrogens with one attached hydrogen (secondary N) is 1. The van der Waals surface area contributed by atoms with E-state index in [0.717, 1.165) is 14.6 Å². The van der Waals surface area contributed by atoms with Crippen molar-refractivity contribution in [3.63, 3.8) is 0 Å². The van der Waals surface area contributed by atoms with E-state index in [1.807, 2.05) is 36.4 Å². The van der Waals surface area contributed by atoms with E-state index in [9.17, 15) is 9.90 Å². The van der Waals surface area contributed by atoms with Gasteiger partial charge in [-0.05, 0) is 47.1 Å². The van der Waals surface area contributed by atoms with Crippen molar-refractivity contribution in [3.8, 4) is 0 Å². The molecule has 0 fully saturated rings. The van der Waals surface area contributed by atoms with Gasteiger partial charge < -0.3 is 10.5 Å². The number of rotatable bonds is 6. The number of aryl methyl sites for hydroxylation is 1. The summed E-state index contributed by atoms with van der Waals surface area (Å²) in [6, 6.07) is 12.8. The van der Waals surface area contributed by atoms with Crippen LogP contribution < -0.4 is 11.0 Å². The second-order valence-corrected chi connectivity index (χ2v) is 7.63. The molecule has 0 aliphatic carbocycles. The first-order chi connectivity index (χ1) is 13.0. The number of nitrogens with zero attached hydrogens (tertiary/aromatic N) is 4. The summed E-state index contributed by atoms with van der Waals surface area (Å²) in [5.74, 6) is 0.494. The lowest BCUT2D eigenvalue weighted by atomic mass is 10.2. The van der Waals surface area contributed by atoms with Gasteiger partial charge in [-0.15, -0.1) is 0 Å². The third-order valence-corrected chi connectivity index (χ3v) is 4.84. The van der Waals surface area contributed by atoms with E-state index in [-0.39, 0.29) is 18.6 Å². The Bertz CT molecular complexity index is 1040. The SMILES string of the molecule is Cc1nc2c(Br)cc(Br)cc2c(=O)n1NCC(O)CN=Nc1ccccc1. The highest BCUT2D eigenvalue weighted by molar-refractivity contribution is 9.11. The lowest BCUT2D eigenvalue weighted by Crippen LogP contribution is -2.36. The maximum Gasteiger partial charge on any atom is 0.280 e. The molecule has 0 saturated carbocycles. The van der Waals surface area contributed by atoms with Crippen molar-refractivity contribution < 1.29 is 5.11 Å². The Morgan fingerprint density at radius 1 is 1.26 bits per heavy atom. The second-order valence-electron chi connectivity index (χ2n) is 5.86. The Morgan fingerprint density at radius 3 is 2.74 bits per heavy atom. The van der Waals surface area contributed by atoms with Crippen LogP contribution in [0.5, 0.6) is 0 Å². The molecule has 27 heavy (non-hydrogen) atoms. The summed E-state index contributed by atoms with van der Waals surface area (Å²) in [5.41, 5.74) is 4.00. The van der Waals surface area contributed by atoms with E-state index in [4.69, 9.17) is 0 Å². The van der Waals surface area contributed by atoms with Crippen molar-refractivity contribution >= 4 is 48.5 Å². The van der Waals surface area contributed by atoms with Crippen LogP contribution in [0.2, 0.25) is 0 Å². The predicted octanol–water partition coefficient (Wildman–Crippen LogP) is 3.92. The molecule has 1 heterocycles. The van der Waals surface area contributed by atoms with Crippen molar-refractivity contribution in [3.05, 3.63) is 67.6 Å². The minimum absolute atomic E-state index is 0.119. The quantitative estimate of drug-likeness (QED) is 0.508. The fourth-order valence-electron chi connectivity index (χ4n) is 2.48. The fraction of sp³-hybridized carbons (Fsp3) is 0.222. The van der Waals surface area contributed by atoms with Crippen LogP contribution in [-0.4, -0.2) is 34.0 Å². The van der Waals surface area contributed by atoms with Crippen molar-refractivity contribution in [2.75, 3.05) is 18.5 Å². The number of hydrogen-bond acceptors (Lipinski definition) is 6. The molecule has 0 aliphatic rings. The van der Waals surface area contributed by atoms with Gasteiger partial charge in [0.05, 0.1) is 35.8 Å². The highest BCUT2D eigenvalue weighted by Gasteiger charge is 2.12. The van der Waals surface area contributed by atoms with Crippen LogP contribution in [0, 0.1) is 6.92 Å². The standard InChI is InChI=1S/C18H17Br2N5O2/c1-11-23-17-15(7-12(19)8-16(17)20)18(27)25(11)22-10-14(26)9-21-24-13-5-3-2-4-6-13/h2-8,14,22,26H,9-10H2,1H3. The summed E-state index contributed by atoms with van der Waals surface area (Å²) in [6.45, 7) is 1.98. The first-order valence-corrected chi connectivity index (χ1v) is 9.77. The van der Waals surface area contributed by atoms with Gasteiger partial charge in [-0.3, -0.25) is 4.79 Å². The lowest BCUT2D eigenvalue weighted by molar-refractivity contribution is 0.191. The molecule has 1 unspecified atom stereocenters. The average molecular weight is 495 g/mol. The molecule has 9 heteroatoms. The maximum absolute atomic E-state index is 12.8. The molecule has 2 aromatic carbocycles. The number of aliphatic hydroxyl groups excluding tert-OH is 1. The Labute approximate surface area is 172 Å². The third kappa shape index (κ3) is 4.79. The van der Waals surface area contributed by atoms with Gasteiger partial charge in [-0.1, -0.05) is 34.1 Å². The predicted molar refractivity (Wildman–Crippen MR) is 112 cm³/mol. The molecule has 140 valence electrons. The van der Waals surface area contributed by atoms with Crippen LogP contribution in [0.25, 0.3) is 10.9 Å². The molecule has 0 amide bonds. The van der Waals surface area contributed by atoms with E-state index in [2.05, 4.69) is 52.5 Å². The topological polar surface area (TPSA) is 91.9 Å². The Balaban J connectivity index is 1.71. The van der Waals surface area contributed by atoms with Gasteiger partial charge in [0, 0.05) is 8.95 Å². The highest BCUT2D eigenvalue weighted by atomic mass is 79.9. The summed E-state index contributed by atoms with van der Waals surface area (Å²) >= 11 is 6.81. The Morgan fingerprint density at radius 2 is 2.00 bits per heavy atom. The van der Waals surface area contributed by atoms with Crippen LogP contribution in [0.3, 0.4) is 0 Å². The molecule has 2 N–H and O–H groups in total. The van der Waals surface area contributed by atoms with Gasteiger partial charge in [0.15, 0.2) is 0 Å². The fourth-order valence-corrected chi connectivity index (χ4v) is 3.79. The molecular formula is C18H17Br2N5O2. The smallest absolute Gasteiger partial charge is 0.280 e. The normalized spacial score (nSPS) is 12.6. The number of azo groups is 1. The molecule has 0 spiro atoms. The molecule has 0 saturated heterocycles. The molecule has 1 aromatic heterocycles. The van der Waals surface area contributed by atoms with Crippen LogP contribution in [0.15, 0.2) is 66.4 Å². The highest BCUT2D eigenvalue weighted by Crippen LogP contribution is 2.25. The number of halogens is 2. The van der Waals surface area contributed by atoms with Gasteiger partial charge in [0.25, 0.3) is 5.56 Å². The Hall–Kier alpha value is -2.10. The Kier molecular flexibility index (Phi) is 6.35. The molecule has 3 aromatic rings. The number of benzene rings is 2. The van der Waals surface area contributed by atoms with Crippen LogP contribution in [-0.2, 0) is 0 Å². The first-order valence-electron chi connectivity index (χ1n) is 8.18. The van der Waals surface area contributed by atoms with E-state index in [0.29, 0.717) is 16.7 Å². The number of aromatic nitrogens is 2. The molecule has 3 rings (SSSR count). The van der Waals surface area contributed by atoms with Gasteiger partial charge in [-0.25, -0.2) is 9.66 Å². The van der Waals surface area contributed by atoms with E-state index >= 15 is 0 Å². The largest absolute Gasteiger partial charge is 0.389 e. The summed E-state index contributed by atoms with van der Waals surface area (Å²) in [7, 11) is 0. The zero-order chi connectivity index (χ0) is 19.4. The molecule has 0 bridgehead atoms. The third-order valence-electron chi connectivity index (χ3n) is 3.78. The number of fused-ring (bicyclic) bond motifs is 1. The number of aliphatic hydroxyl groups is 1. The molecule has 0 aliphatic heterocycles. The minimum atomic E-state index is -0.797. The summed E-state index contributed by atoms with van der Waals surface area (Å²) in [6.07, 6.45) is -0.797. The maximum atomic E-state index is 12.8. The summed E-state index contributed by atoms with van der Waals surface area (Å²) < 4.78 is 2.84. The molecule has 7 nitrogen and oxygen atoms in total. The van der Waals surface area contributed by atoms with Gasteiger partial charge >= 0.3 is 0 Å². The van der Waals surface area contributed by atoms with Gasteiger partial charge in [-0.2, -0.15) is 10.2 Å². The van der Waals surface area contributed by atoms with Crippen molar-refractivity contribution in [1.29, 1.82) is 0 Å². The number of hydrogen-bond donors (Lipinski definition) is 2. The molecular weight excluding hydrogens is 478 g/mol. The average Bonchev–Trinajstić information content (AvgIpc) is 2.63. The van der Waals surface area contributed by atoms with Crippen LogP contribution in [0.1, 0.15) is 5.82 Å². The monoisotopic (exact) mass is 493 g/mol. The van der Waals surface area contributed by atoms with Crippen molar-refractivity contribution in [1.82, 2.24) is 9.66 Å². The second kappa shape index (κ2) is 8.73. The van der Waals surface area contributed by atoms with Gasteiger partial charge in [0.1, 0.15) is 5.82 Å². The van der Waals surface area contributed by atoms with E-state index in [1.165, 1.54) is 4.68 Å². The summed E-state index contributed by atoms with van der Waals surface area (Å²) in [5, 5.41) is 18.6. The van der Waals surface area contributed by atoms with Gasteiger partial charge in [0.2, 0.25) is 0 Å². The molecule has 1 atom stereocenters. The van der Waals surface area contributed by atoms with Crippen LogP contribution in [0.4, 0.5) is 5.69 Å². The van der Waals surface area contributed by atoms with E-state index < -0.39 is 6.10 Å².